The van der Waals surface area contributed by atoms with Gasteiger partial charge in [-0.25, -0.2) is 0 Å². The molecule has 1 fully saturated rings. The minimum atomic E-state index is -4.64. The first kappa shape index (κ1) is 19.4. The van der Waals surface area contributed by atoms with E-state index in [-0.39, 0.29) is 16.4 Å². The molecule has 1 amide bonds. The highest BCUT2D eigenvalue weighted by atomic mass is 35.5. The third kappa shape index (κ3) is 4.68. The number of nitrogens with zero attached hydrogens (tertiary/aromatic N) is 3. The van der Waals surface area contributed by atoms with Gasteiger partial charge in [0.15, 0.2) is 11.5 Å². The second-order valence-corrected chi connectivity index (χ2v) is 7.02. The lowest BCUT2D eigenvalue weighted by Crippen LogP contribution is -2.33. The monoisotopic (exact) mass is 398 g/mol. The number of hydrogen-bond acceptors (Lipinski definition) is 4. The highest BCUT2D eigenvalue weighted by molar-refractivity contribution is 6.30. The molecule has 1 aromatic heterocycles. The van der Waals surface area contributed by atoms with Crippen LogP contribution in [0.1, 0.15) is 35.8 Å². The van der Waals surface area contributed by atoms with Crippen molar-refractivity contribution in [3.05, 3.63) is 46.6 Å². The fraction of sp³-hybridized carbons (Fsp3) is 0.389. The lowest BCUT2D eigenvalue weighted by molar-refractivity contribution is -0.136. The van der Waals surface area contributed by atoms with Gasteiger partial charge in [0.05, 0.1) is 11.3 Å². The fourth-order valence-corrected chi connectivity index (χ4v) is 3.07. The summed E-state index contributed by atoms with van der Waals surface area (Å²) in [6.07, 6.45) is -2.53. The molecular formula is C18H18ClF3N4O. The topological polar surface area (TPSA) is 58.1 Å². The fourth-order valence-electron chi connectivity index (χ4n) is 2.90. The molecule has 27 heavy (non-hydrogen) atoms. The van der Waals surface area contributed by atoms with Crippen LogP contribution in [0, 0.1) is 5.92 Å². The van der Waals surface area contributed by atoms with Crippen LogP contribution in [0.2, 0.25) is 5.02 Å². The average Bonchev–Trinajstić information content (AvgIpc) is 2.63. The van der Waals surface area contributed by atoms with Gasteiger partial charge in [-0.2, -0.15) is 13.2 Å². The normalized spacial score (nSPS) is 15.7. The number of carbonyl (C=O) groups excluding carboxylic acids is 1. The Hall–Kier alpha value is -2.35. The molecule has 1 N–H and O–H groups in total. The molecular weight excluding hydrogens is 381 g/mol. The summed E-state index contributed by atoms with van der Waals surface area (Å²) in [5.41, 5.74) is -1.46. The highest BCUT2D eigenvalue weighted by Gasteiger charge is 2.34. The van der Waals surface area contributed by atoms with Crippen LogP contribution < -0.4 is 10.2 Å². The summed E-state index contributed by atoms with van der Waals surface area (Å²) in [6.45, 7) is 3.92. The molecule has 0 unspecified atom stereocenters. The zero-order valence-electron chi connectivity index (χ0n) is 14.6. The van der Waals surface area contributed by atoms with Crippen molar-refractivity contribution < 1.29 is 18.0 Å². The van der Waals surface area contributed by atoms with Crippen molar-refractivity contribution in [3.8, 4) is 0 Å². The molecule has 2 heterocycles. The van der Waals surface area contributed by atoms with Gasteiger partial charge in [0.1, 0.15) is 0 Å². The molecule has 0 bridgehead atoms. The second kappa shape index (κ2) is 7.72. The van der Waals surface area contributed by atoms with Crippen LogP contribution in [0.5, 0.6) is 0 Å². The van der Waals surface area contributed by atoms with Crippen LogP contribution in [0.4, 0.5) is 24.7 Å². The van der Waals surface area contributed by atoms with E-state index in [1.165, 1.54) is 12.1 Å². The minimum absolute atomic E-state index is 0.0628. The van der Waals surface area contributed by atoms with Gasteiger partial charge in [-0.15, -0.1) is 10.2 Å². The van der Waals surface area contributed by atoms with Gasteiger partial charge >= 0.3 is 6.18 Å². The molecule has 1 aliphatic heterocycles. The van der Waals surface area contributed by atoms with E-state index >= 15 is 0 Å². The van der Waals surface area contributed by atoms with Gasteiger partial charge in [-0.05, 0) is 49.1 Å². The van der Waals surface area contributed by atoms with E-state index in [2.05, 4.69) is 27.3 Å². The molecule has 0 spiro atoms. The van der Waals surface area contributed by atoms with Crippen molar-refractivity contribution in [1.82, 2.24) is 10.2 Å². The summed E-state index contributed by atoms with van der Waals surface area (Å²) in [6, 6.07) is 6.27. The lowest BCUT2D eigenvalue weighted by atomic mass is 9.99. The first-order chi connectivity index (χ1) is 12.7. The van der Waals surface area contributed by atoms with Gasteiger partial charge in [0, 0.05) is 18.1 Å². The quantitative estimate of drug-likeness (QED) is 0.818. The number of carbonyl (C=O) groups is 1. The summed E-state index contributed by atoms with van der Waals surface area (Å²) >= 11 is 5.64. The van der Waals surface area contributed by atoms with Gasteiger partial charge in [0.2, 0.25) is 0 Å². The number of rotatable bonds is 3. The smallest absolute Gasteiger partial charge is 0.355 e. The average molecular weight is 399 g/mol. The van der Waals surface area contributed by atoms with E-state index in [9.17, 15) is 18.0 Å². The number of anilines is 2. The number of piperidine rings is 1. The van der Waals surface area contributed by atoms with Gasteiger partial charge < -0.3 is 10.2 Å². The molecule has 1 aromatic carbocycles. The first-order valence-corrected chi connectivity index (χ1v) is 8.88. The maximum Gasteiger partial charge on any atom is 0.418 e. The molecule has 0 aliphatic carbocycles. The maximum absolute atomic E-state index is 13.1. The van der Waals surface area contributed by atoms with Crippen LogP contribution in [-0.2, 0) is 6.18 Å². The van der Waals surface area contributed by atoms with E-state index in [1.807, 2.05) is 0 Å². The lowest BCUT2D eigenvalue weighted by Gasteiger charge is -2.30. The Bertz CT molecular complexity index is 818. The summed E-state index contributed by atoms with van der Waals surface area (Å²) in [5.74, 6) is 0.552. The number of amides is 1. The van der Waals surface area contributed by atoms with E-state index in [4.69, 9.17) is 11.6 Å². The molecule has 0 radical (unpaired) electrons. The number of alkyl halides is 3. The zero-order chi connectivity index (χ0) is 19.6. The van der Waals surface area contributed by atoms with Crippen molar-refractivity contribution in [3.63, 3.8) is 0 Å². The predicted octanol–water partition coefficient (Wildman–Crippen LogP) is 4.64. The van der Waals surface area contributed by atoms with Crippen LogP contribution in [0.25, 0.3) is 0 Å². The Morgan fingerprint density at radius 2 is 1.89 bits per heavy atom. The Labute approximate surface area is 159 Å². The first-order valence-electron chi connectivity index (χ1n) is 8.51. The number of halogens is 4. The Balaban J connectivity index is 1.74. The molecule has 0 atom stereocenters. The van der Waals surface area contributed by atoms with Crippen LogP contribution in [-0.4, -0.2) is 29.2 Å². The Morgan fingerprint density at radius 1 is 1.19 bits per heavy atom. The van der Waals surface area contributed by atoms with E-state index in [1.54, 1.807) is 6.07 Å². The SMILES string of the molecule is CC1CCN(c2ccc(C(=O)Nc3ccc(Cl)cc3C(F)(F)F)nn2)CC1. The minimum Gasteiger partial charge on any atom is -0.355 e. The van der Waals surface area contributed by atoms with Gasteiger partial charge in [-0.3, -0.25) is 4.79 Å². The Kier molecular flexibility index (Phi) is 5.55. The summed E-state index contributed by atoms with van der Waals surface area (Å²) in [5, 5.41) is 10.1. The third-order valence-electron chi connectivity index (χ3n) is 4.53. The van der Waals surface area contributed by atoms with Crippen molar-refractivity contribution in [2.24, 2.45) is 5.92 Å². The zero-order valence-corrected chi connectivity index (χ0v) is 15.3. The van der Waals surface area contributed by atoms with E-state index in [0.717, 1.165) is 38.1 Å². The number of aromatic nitrogens is 2. The number of benzene rings is 1. The summed E-state index contributed by atoms with van der Waals surface area (Å²) < 4.78 is 39.4. The number of nitrogens with one attached hydrogen (secondary N) is 1. The standard InChI is InChI=1S/C18H18ClF3N4O/c1-11-6-8-26(9-7-11)16-5-4-15(24-25-16)17(27)23-14-3-2-12(19)10-13(14)18(20,21)22/h2-5,10-11H,6-9H2,1H3,(H,23,27). The van der Waals surface area contributed by atoms with Crippen LogP contribution in [0.3, 0.4) is 0 Å². The second-order valence-electron chi connectivity index (χ2n) is 6.59. The maximum atomic E-state index is 13.1. The molecule has 2 aromatic rings. The molecule has 9 heteroatoms. The van der Waals surface area contributed by atoms with Crippen molar-refractivity contribution >= 4 is 29.0 Å². The molecule has 0 saturated carbocycles. The van der Waals surface area contributed by atoms with E-state index < -0.39 is 17.6 Å². The highest BCUT2D eigenvalue weighted by Crippen LogP contribution is 2.36. The molecule has 1 aliphatic rings. The summed E-state index contributed by atoms with van der Waals surface area (Å²) in [4.78, 5) is 14.4. The van der Waals surface area contributed by atoms with Crippen molar-refractivity contribution in [2.75, 3.05) is 23.3 Å². The third-order valence-corrected chi connectivity index (χ3v) is 4.76. The van der Waals surface area contributed by atoms with E-state index in [0.29, 0.717) is 11.7 Å². The van der Waals surface area contributed by atoms with Crippen LogP contribution >= 0.6 is 11.6 Å². The number of hydrogen-bond donors (Lipinski definition) is 1. The van der Waals surface area contributed by atoms with Crippen molar-refractivity contribution in [2.45, 2.75) is 25.9 Å². The molecule has 5 nitrogen and oxygen atoms in total. The van der Waals surface area contributed by atoms with Crippen LogP contribution in [0.15, 0.2) is 30.3 Å². The molecule has 144 valence electrons. The Morgan fingerprint density at radius 3 is 2.48 bits per heavy atom. The van der Waals surface area contributed by atoms with Gasteiger partial charge in [-0.1, -0.05) is 18.5 Å². The molecule has 3 rings (SSSR count). The predicted molar refractivity (Wildman–Crippen MR) is 97.1 cm³/mol. The molecule has 1 saturated heterocycles. The van der Waals surface area contributed by atoms with Crippen molar-refractivity contribution in [1.29, 1.82) is 0 Å². The largest absolute Gasteiger partial charge is 0.418 e. The van der Waals surface area contributed by atoms with Gasteiger partial charge in [0.25, 0.3) is 5.91 Å². The summed E-state index contributed by atoms with van der Waals surface area (Å²) in [7, 11) is 0.